The van der Waals surface area contributed by atoms with E-state index in [1.165, 1.54) is 34.9 Å². The first-order chi connectivity index (χ1) is 14.8. The van der Waals surface area contributed by atoms with Gasteiger partial charge < -0.3 is 0 Å². The molecule has 31 heavy (non-hydrogen) atoms. The van der Waals surface area contributed by atoms with Crippen molar-refractivity contribution in [2.75, 3.05) is 0 Å². The fraction of sp³-hybridized carbons (Fsp3) is 0.417. The van der Waals surface area contributed by atoms with Gasteiger partial charge in [0.05, 0.1) is 17.0 Å². The first kappa shape index (κ1) is 23.7. The maximum absolute atomic E-state index is 15.5. The van der Waals surface area contributed by atoms with E-state index in [-0.39, 0.29) is 16.5 Å². The minimum atomic E-state index is -0.933. The fourth-order valence-corrected chi connectivity index (χ4v) is 5.35. The number of hydrogen-bond acceptors (Lipinski definition) is 5. The van der Waals surface area contributed by atoms with Crippen LogP contribution in [-0.2, 0) is 6.42 Å². The van der Waals surface area contributed by atoms with Crippen molar-refractivity contribution in [2.24, 2.45) is 11.8 Å². The number of rotatable bonds is 8. The second-order valence-corrected chi connectivity index (χ2v) is 10.5. The summed E-state index contributed by atoms with van der Waals surface area (Å²) < 4.78 is 35.5. The molecule has 1 atom stereocenters. The lowest BCUT2D eigenvalue weighted by atomic mass is 10.0. The van der Waals surface area contributed by atoms with Crippen LogP contribution < -0.4 is 0 Å². The number of aromatic nitrogens is 2. The molecule has 0 aromatic carbocycles. The molecule has 0 spiro atoms. The Labute approximate surface area is 191 Å². The van der Waals surface area contributed by atoms with Crippen LogP contribution >= 0.6 is 23.1 Å². The van der Waals surface area contributed by atoms with E-state index in [0.29, 0.717) is 22.3 Å². The van der Waals surface area contributed by atoms with Crippen molar-refractivity contribution in [1.29, 1.82) is 0 Å². The minimum Gasteiger partial charge on any atom is -0.244 e. The molecule has 2 aromatic heterocycles. The third-order valence-corrected chi connectivity index (χ3v) is 7.08. The van der Waals surface area contributed by atoms with Crippen LogP contribution in [0.25, 0.3) is 5.57 Å². The molecule has 1 aliphatic heterocycles. The summed E-state index contributed by atoms with van der Waals surface area (Å²) in [4.78, 5) is 0.609. The number of thiophene rings is 1. The monoisotopic (exact) mass is 462 g/mol. The Kier molecular flexibility index (Phi) is 8.06. The molecule has 0 fully saturated rings. The fourth-order valence-electron chi connectivity index (χ4n) is 3.40. The second kappa shape index (κ2) is 10.6. The average Bonchev–Trinajstić information content (AvgIpc) is 3.39. The van der Waals surface area contributed by atoms with Crippen LogP contribution in [0.1, 0.15) is 57.2 Å². The summed E-state index contributed by atoms with van der Waals surface area (Å²) in [6.45, 7) is 10.2. The number of thioether (sulfide) groups is 1. The SMILES string of the molecule is C/C(=C(F)\C(F)=C(/c1cnon1)c1cc(CC(C)C)cs1)C1C=CC(CC(C)C)=CS1. The van der Waals surface area contributed by atoms with Crippen molar-refractivity contribution in [3.8, 4) is 0 Å². The van der Waals surface area contributed by atoms with Gasteiger partial charge in [0.15, 0.2) is 11.7 Å². The van der Waals surface area contributed by atoms with Crippen molar-refractivity contribution in [1.82, 2.24) is 10.3 Å². The molecule has 3 rings (SSSR count). The van der Waals surface area contributed by atoms with Gasteiger partial charge in [0, 0.05) is 4.88 Å². The molecular weight excluding hydrogens is 434 g/mol. The van der Waals surface area contributed by atoms with Gasteiger partial charge in [-0.15, -0.1) is 23.1 Å². The summed E-state index contributed by atoms with van der Waals surface area (Å²) in [7, 11) is 0. The molecule has 3 heterocycles. The van der Waals surface area contributed by atoms with Gasteiger partial charge in [0.1, 0.15) is 5.69 Å². The zero-order valence-corrected chi connectivity index (χ0v) is 20.1. The lowest BCUT2D eigenvalue weighted by molar-refractivity contribution is 0.306. The van der Waals surface area contributed by atoms with Crippen LogP contribution in [-0.4, -0.2) is 15.6 Å². The highest BCUT2D eigenvalue weighted by Crippen LogP contribution is 2.38. The van der Waals surface area contributed by atoms with Crippen LogP contribution in [0.3, 0.4) is 0 Å². The molecule has 7 heteroatoms. The van der Waals surface area contributed by atoms with Crippen molar-refractivity contribution in [3.63, 3.8) is 0 Å². The maximum atomic E-state index is 15.5. The summed E-state index contributed by atoms with van der Waals surface area (Å²) in [5.74, 6) is -0.778. The third-order valence-electron chi connectivity index (χ3n) is 4.84. The lowest BCUT2D eigenvalue weighted by Gasteiger charge is -2.18. The van der Waals surface area contributed by atoms with Crippen molar-refractivity contribution in [2.45, 2.75) is 52.7 Å². The van der Waals surface area contributed by atoms with E-state index in [0.717, 1.165) is 18.4 Å². The number of allylic oxidation sites excluding steroid dienone is 4. The van der Waals surface area contributed by atoms with Crippen molar-refractivity contribution < 1.29 is 13.4 Å². The molecule has 0 saturated heterocycles. The molecule has 0 N–H and O–H groups in total. The molecule has 0 amide bonds. The van der Waals surface area contributed by atoms with E-state index in [2.05, 4.69) is 42.6 Å². The molecule has 0 radical (unpaired) electrons. The summed E-state index contributed by atoms with van der Waals surface area (Å²) in [6.07, 6.45) is 7.10. The number of halogens is 2. The van der Waals surface area contributed by atoms with Crippen LogP contribution in [0.5, 0.6) is 0 Å². The normalized spacial score (nSPS) is 18.4. The molecule has 0 bridgehead atoms. The van der Waals surface area contributed by atoms with Gasteiger partial charge >= 0.3 is 0 Å². The second-order valence-electron chi connectivity index (χ2n) is 8.60. The highest BCUT2D eigenvalue weighted by molar-refractivity contribution is 8.03. The van der Waals surface area contributed by atoms with Crippen molar-refractivity contribution >= 4 is 28.7 Å². The van der Waals surface area contributed by atoms with Gasteiger partial charge in [-0.2, -0.15) is 0 Å². The summed E-state index contributed by atoms with van der Waals surface area (Å²) in [6, 6.07) is 1.90. The average molecular weight is 463 g/mol. The highest BCUT2D eigenvalue weighted by Gasteiger charge is 2.24. The molecule has 166 valence electrons. The number of hydrogen-bond donors (Lipinski definition) is 0. The summed E-state index contributed by atoms with van der Waals surface area (Å²) in [5, 5.41) is 11.1. The third kappa shape index (κ3) is 6.04. The van der Waals surface area contributed by atoms with Crippen LogP contribution in [0.4, 0.5) is 8.78 Å². The zero-order valence-electron chi connectivity index (χ0n) is 18.5. The maximum Gasteiger partial charge on any atom is 0.169 e. The molecule has 3 nitrogen and oxygen atoms in total. The van der Waals surface area contributed by atoms with Crippen molar-refractivity contribution in [3.05, 3.63) is 74.1 Å². The smallest absolute Gasteiger partial charge is 0.169 e. The zero-order chi connectivity index (χ0) is 22.5. The number of nitrogens with zero attached hydrogens (tertiary/aromatic N) is 2. The van der Waals surface area contributed by atoms with E-state index in [1.54, 1.807) is 6.92 Å². The Bertz CT molecular complexity index is 1010. The highest BCUT2D eigenvalue weighted by atomic mass is 32.2. The Morgan fingerprint density at radius 3 is 2.45 bits per heavy atom. The van der Waals surface area contributed by atoms with Gasteiger partial charge in [0.25, 0.3) is 0 Å². The lowest BCUT2D eigenvalue weighted by Crippen LogP contribution is -2.06. The largest absolute Gasteiger partial charge is 0.244 e. The van der Waals surface area contributed by atoms with Gasteiger partial charge in [0.2, 0.25) is 0 Å². The summed E-state index contributed by atoms with van der Waals surface area (Å²) >= 11 is 2.87. The molecule has 1 aliphatic rings. The van der Waals surface area contributed by atoms with E-state index < -0.39 is 11.7 Å². The van der Waals surface area contributed by atoms with Gasteiger partial charge in [-0.25, -0.2) is 13.4 Å². The molecule has 2 aromatic rings. The van der Waals surface area contributed by atoms with E-state index in [1.807, 2.05) is 29.0 Å². The van der Waals surface area contributed by atoms with Gasteiger partial charge in [-0.3, -0.25) is 0 Å². The topological polar surface area (TPSA) is 38.9 Å². The van der Waals surface area contributed by atoms with Gasteiger partial charge in [-0.05, 0) is 70.3 Å². The van der Waals surface area contributed by atoms with Crippen LogP contribution in [0.2, 0.25) is 0 Å². The molecule has 0 saturated carbocycles. The Morgan fingerprint density at radius 1 is 1.13 bits per heavy atom. The Morgan fingerprint density at radius 2 is 1.87 bits per heavy atom. The van der Waals surface area contributed by atoms with Crippen LogP contribution in [0, 0.1) is 11.8 Å². The first-order valence-corrected chi connectivity index (χ1v) is 12.2. The quantitative estimate of drug-likeness (QED) is 0.374. The van der Waals surface area contributed by atoms with E-state index in [4.69, 9.17) is 0 Å². The predicted octanol–water partition coefficient (Wildman–Crippen LogP) is 7.90. The Hall–Kier alpha value is -1.99. The minimum absolute atomic E-state index is 0.0823. The molecule has 1 unspecified atom stereocenters. The van der Waals surface area contributed by atoms with E-state index in [9.17, 15) is 0 Å². The predicted molar refractivity (Wildman–Crippen MR) is 126 cm³/mol. The van der Waals surface area contributed by atoms with Gasteiger partial charge in [-0.1, -0.05) is 45.0 Å². The summed E-state index contributed by atoms with van der Waals surface area (Å²) in [5.41, 5.74) is 2.91. The standard InChI is InChI=1S/C24H28F2N2OS2/c1-14(2)8-17-6-7-20(30-12-17)16(5)23(25)24(26)22(19-11-27-29-28-19)21-10-18(13-31-21)9-15(3)4/h6-7,10-15,20H,8-9H2,1-5H3/b23-16-,24-22-. The molecule has 0 aliphatic carbocycles. The van der Waals surface area contributed by atoms with Crippen LogP contribution in [0.15, 0.2) is 62.6 Å². The van der Waals surface area contributed by atoms with E-state index >= 15 is 8.78 Å². The first-order valence-electron chi connectivity index (χ1n) is 10.4. The molecular formula is C24H28F2N2OS2. The Balaban J connectivity index is 1.95.